The zero-order valence-corrected chi connectivity index (χ0v) is 16.5. The topological polar surface area (TPSA) is 92.4 Å². The highest BCUT2D eigenvalue weighted by Crippen LogP contribution is 2.10. The molecular weight excluding hydrogens is 370 g/mol. The summed E-state index contributed by atoms with van der Waals surface area (Å²) in [4.78, 5) is 44.8. The number of H-pyrrole nitrogens is 1. The summed E-state index contributed by atoms with van der Waals surface area (Å²) in [5, 5.41) is 0.501. The number of aryl methyl sites for hydroxylation is 2. The van der Waals surface area contributed by atoms with E-state index in [2.05, 4.69) is 9.97 Å². The average Bonchev–Trinajstić information content (AvgIpc) is 2.72. The van der Waals surface area contributed by atoms with E-state index in [-0.39, 0.29) is 30.9 Å². The van der Waals surface area contributed by atoms with Gasteiger partial charge in [0, 0.05) is 20.0 Å². The van der Waals surface area contributed by atoms with Gasteiger partial charge >= 0.3 is 5.97 Å². The minimum Gasteiger partial charge on any atom is -0.456 e. The summed E-state index contributed by atoms with van der Waals surface area (Å²) in [7, 11) is 1.67. The van der Waals surface area contributed by atoms with Crippen LogP contribution in [0.3, 0.4) is 0 Å². The lowest BCUT2D eigenvalue weighted by Crippen LogP contribution is -2.31. The van der Waals surface area contributed by atoms with Crippen molar-refractivity contribution in [3.8, 4) is 0 Å². The number of para-hydroxylation sites is 1. The lowest BCUT2D eigenvalue weighted by atomic mass is 10.1. The van der Waals surface area contributed by atoms with Gasteiger partial charge in [-0.2, -0.15) is 0 Å². The van der Waals surface area contributed by atoms with Gasteiger partial charge in [-0.25, -0.2) is 4.98 Å². The average molecular weight is 393 g/mol. The van der Waals surface area contributed by atoms with Crippen LogP contribution in [0.4, 0.5) is 0 Å². The molecule has 0 spiro atoms. The van der Waals surface area contributed by atoms with Crippen molar-refractivity contribution in [2.75, 3.05) is 13.7 Å². The van der Waals surface area contributed by atoms with E-state index in [0.717, 1.165) is 11.1 Å². The van der Waals surface area contributed by atoms with E-state index < -0.39 is 5.97 Å². The molecule has 29 heavy (non-hydrogen) atoms. The van der Waals surface area contributed by atoms with Crippen molar-refractivity contribution >= 4 is 22.8 Å². The fourth-order valence-electron chi connectivity index (χ4n) is 2.93. The lowest BCUT2D eigenvalue weighted by molar-refractivity contribution is -0.151. The zero-order chi connectivity index (χ0) is 20.8. The zero-order valence-electron chi connectivity index (χ0n) is 16.5. The molecule has 0 radical (unpaired) electrons. The third kappa shape index (κ3) is 5.28. The fourth-order valence-corrected chi connectivity index (χ4v) is 2.93. The van der Waals surface area contributed by atoms with Crippen LogP contribution in [0.2, 0.25) is 0 Å². The molecule has 0 fully saturated rings. The van der Waals surface area contributed by atoms with Gasteiger partial charge in [-0.05, 0) is 30.2 Å². The van der Waals surface area contributed by atoms with Crippen LogP contribution in [-0.4, -0.2) is 40.4 Å². The summed E-state index contributed by atoms with van der Waals surface area (Å²) < 4.78 is 5.08. The summed E-state index contributed by atoms with van der Waals surface area (Å²) in [5.41, 5.74) is 2.47. The minimum absolute atomic E-state index is 0.0239. The quantitative estimate of drug-likeness (QED) is 0.622. The second-order valence-corrected chi connectivity index (χ2v) is 6.87. The predicted molar refractivity (Wildman–Crippen MR) is 109 cm³/mol. The van der Waals surface area contributed by atoms with E-state index in [0.29, 0.717) is 23.3 Å². The molecule has 7 nitrogen and oxygen atoms in total. The van der Waals surface area contributed by atoms with Crippen molar-refractivity contribution in [2.45, 2.75) is 26.3 Å². The van der Waals surface area contributed by atoms with Gasteiger partial charge < -0.3 is 14.6 Å². The second-order valence-electron chi connectivity index (χ2n) is 6.87. The van der Waals surface area contributed by atoms with E-state index in [1.807, 2.05) is 31.2 Å². The number of nitrogens with zero attached hydrogens (tertiary/aromatic N) is 2. The van der Waals surface area contributed by atoms with Gasteiger partial charge in [0.15, 0.2) is 6.61 Å². The van der Waals surface area contributed by atoms with Gasteiger partial charge in [0.05, 0.1) is 17.3 Å². The highest BCUT2D eigenvalue weighted by atomic mass is 16.5. The van der Waals surface area contributed by atoms with E-state index in [1.165, 1.54) is 4.90 Å². The number of carbonyl (C=O) groups excluding carboxylic acids is 2. The number of aromatic nitrogens is 2. The Morgan fingerprint density at radius 2 is 1.83 bits per heavy atom. The van der Waals surface area contributed by atoms with E-state index in [4.69, 9.17) is 4.74 Å². The number of benzene rings is 2. The van der Waals surface area contributed by atoms with Gasteiger partial charge in [0.2, 0.25) is 0 Å². The summed E-state index contributed by atoms with van der Waals surface area (Å²) >= 11 is 0. The number of aromatic amines is 1. The van der Waals surface area contributed by atoms with Crippen molar-refractivity contribution in [1.29, 1.82) is 0 Å². The van der Waals surface area contributed by atoms with Crippen LogP contribution < -0.4 is 5.56 Å². The summed E-state index contributed by atoms with van der Waals surface area (Å²) in [6, 6.07) is 14.8. The van der Waals surface area contributed by atoms with Crippen LogP contribution in [0.1, 0.15) is 23.4 Å². The maximum atomic E-state index is 12.2. The Kier molecular flexibility index (Phi) is 6.39. The van der Waals surface area contributed by atoms with Gasteiger partial charge in [-0.15, -0.1) is 0 Å². The molecule has 1 amide bonds. The highest BCUT2D eigenvalue weighted by molar-refractivity contribution is 5.80. The van der Waals surface area contributed by atoms with E-state index in [1.54, 1.807) is 31.3 Å². The Morgan fingerprint density at radius 3 is 2.62 bits per heavy atom. The molecule has 0 saturated carbocycles. The summed E-state index contributed by atoms with van der Waals surface area (Å²) in [6.07, 6.45) is 0.252. The Labute approximate surface area is 168 Å². The molecule has 0 aliphatic carbocycles. The molecule has 0 bridgehead atoms. The maximum Gasteiger partial charge on any atom is 0.306 e. The highest BCUT2D eigenvalue weighted by Gasteiger charge is 2.14. The largest absolute Gasteiger partial charge is 0.456 e. The second kappa shape index (κ2) is 9.14. The van der Waals surface area contributed by atoms with Crippen LogP contribution in [-0.2, 0) is 27.3 Å². The Hall–Kier alpha value is -3.48. The van der Waals surface area contributed by atoms with Crippen molar-refractivity contribution in [3.63, 3.8) is 0 Å². The van der Waals surface area contributed by atoms with Crippen molar-refractivity contribution < 1.29 is 14.3 Å². The number of nitrogens with one attached hydrogen (secondary N) is 1. The first kappa shape index (κ1) is 20.3. The number of fused-ring (bicyclic) bond motifs is 1. The van der Waals surface area contributed by atoms with Crippen LogP contribution in [0.25, 0.3) is 10.9 Å². The molecule has 0 saturated heterocycles. The van der Waals surface area contributed by atoms with Crippen molar-refractivity contribution in [1.82, 2.24) is 14.9 Å². The number of esters is 1. The van der Waals surface area contributed by atoms with Crippen LogP contribution in [0.5, 0.6) is 0 Å². The molecule has 1 N–H and O–H groups in total. The number of ether oxygens (including phenoxy) is 1. The summed E-state index contributed by atoms with van der Waals surface area (Å²) in [6.45, 7) is 2.12. The first-order valence-electron chi connectivity index (χ1n) is 9.36. The van der Waals surface area contributed by atoms with Gasteiger partial charge in [-0.1, -0.05) is 36.4 Å². The standard InChI is InChI=1S/C22H23N3O4/c1-15-7-3-4-8-16(15)13-25(2)20(26)14-29-21(27)12-11-19-23-18-10-6-5-9-17(18)22(28)24-19/h3-10H,11-14H2,1-2H3,(H,23,24,28). The number of hydrogen-bond donors (Lipinski definition) is 1. The SMILES string of the molecule is Cc1ccccc1CN(C)C(=O)COC(=O)CCc1nc2ccccc2c(=O)[nH]1. The predicted octanol–water partition coefficient (Wildman–Crippen LogP) is 2.37. The van der Waals surface area contributed by atoms with Crippen LogP contribution >= 0.6 is 0 Å². The molecule has 2 aromatic carbocycles. The number of rotatable bonds is 7. The van der Waals surface area contributed by atoms with Crippen molar-refractivity contribution in [3.05, 3.63) is 75.8 Å². The van der Waals surface area contributed by atoms with Gasteiger partial charge in [0.1, 0.15) is 5.82 Å². The maximum absolute atomic E-state index is 12.2. The van der Waals surface area contributed by atoms with E-state index >= 15 is 0 Å². The molecule has 0 aliphatic rings. The monoisotopic (exact) mass is 393 g/mol. The molecule has 7 heteroatoms. The normalized spacial score (nSPS) is 10.7. The molecule has 150 valence electrons. The van der Waals surface area contributed by atoms with Crippen molar-refractivity contribution in [2.24, 2.45) is 0 Å². The third-order valence-corrected chi connectivity index (χ3v) is 4.68. The molecule has 3 aromatic rings. The Balaban J connectivity index is 1.49. The van der Waals surface area contributed by atoms with Gasteiger partial charge in [-0.3, -0.25) is 14.4 Å². The van der Waals surface area contributed by atoms with Gasteiger partial charge in [0.25, 0.3) is 11.5 Å². The minimum atomic E-state index is -0.515. The molecular formula is C22H23N3O4. The number of hydrogen-bond acceptors (Lipinski definition) is 5. The lowest BCUT2D eigenvalue weighted by Gasteiger charge is -2.18. The first-order valence-corrected chi connectivity index (χ1v) is 9.36. The van der Waals surface area contributed by atoms with E-state index in [9.17, 15) is 14.4 Å². The smallest absolute Gasteiger partial charge is 0.306 e. The molecule has 3 rings (SSSR count). The molecule has 0 atom stereocenters. The van der Waals surface area contributed by atoms with Crippen LogP contribution in [0.15, 0.2) is 53.3 Å². The molecule has 1 heterocycles. The fraction of sp³-hybridized carbons (Fsp3) is 0.273. The number of amides is 1. The number of likely N-dealkylation sites (N-methyl/N-ethyl adjacent to an activating group) is 1. The first-order chi connectivity index (χ1) is 13.9. The Bertz CT molecular complexity index is 1090. The summed E-state index contributed by atoms with van der Waals surface area (Å²) in [5.74, 6) is -0.383. The Morgan fingerprint density at radius 1 is 1.10 bits per heavy atom. The van der Waals surface area contributed by atoms with Crippen LogP contribution in [0, 0.1) is 6.92 Å². The number of carbonyl (C=O) groups is 2. The third-order valence-electron chi connectivity index (χ3n) is 4.68. The molecule has 0 aliphatic heterocycles. The molecule has 1 aromatic heterocycles. The molecule has 0 unspecified atom stereocenters.